The summed E-state index contributed by atoms with van der Waals surface area (Å²) in [6.07, 6.45) is -7.92. The summed E-state index contributed by atoms with van der Waals surface area (Å²) in [5, 5.41) is 35.7. The van der Waals surface area contributed by atoms with E-state index in [9.17, 15) is 24.6 Å². The average Bonchev–Trinajstić information content (AvgIpc) is 3.88. The summed E-state index contributed by atoms with van der Waals surface area (Å²) in [6.45, 7) is 19.2. The Kier molecular flexibility index (Phi) is 18.0. The predicted octanol–water partition coefficient (Wildman–Crippen LogP) is 4.66. The molecule has 0 radical (unpaired) electrons. The number of aliphatic hydroxyl groups excluding tert-OH is 1. The number of hydrogen-bond donors (Lipinski definition) is 3. The van der Waals surface area contributed by atoms with E-state index in [-0.39, 0.29) is 49.9 Å². The molecule has 1 aromatic carbocycles. The number of benzene rings is 1. The summed E-state index contributed by atoms with van der Waals surface area (Å²) < 4.78 is 58.5. The van der Waals surface area contributed by atoms with Crippen LogP contribution in [0.25, 0.3) is 0 Å². The van der Waals surface area contributed by atoms with E-state index in [1.165, 1.54) is 7.11 Å². The highest BCUT2D eigenvalue weighted by atomic mass is 16.8. The molecule has 0 unspecified atom stereocenters. The standard InChI is InChI=1S/C50H80N6O14/c1-15-37-50(10)42(69-47(60)70-50)32(6)55(13)25-28(2)22-48(8,61)41(67-45-39(57)36(54(11)12)21-29(3)63-45)30(4)40(31(5)44(58)65-37)66-38-23-49(9,62-14)43(33(7)64-38)68-46(59)51-24-35-27-56(53-52-35)26-34-19-17-16-18-20-34/h16-20,27-33,36-43,45,57,61H,15,21-26H2,1-14H3,(H,51,59)/t28-,29-,30+,31-,32-,33+,36+,37-,38+,39-,40-,41-,42-,43+,45+,48+,49+,50+/m1/s1. The summed E-state index contributed by atoms with van der Waals surface area (Å²) in [5.74, 6) is -2.70. The van der Waals surface area contributed by atoms with Gasteiger partial charge in [-0.3, -0.25) is 9.69 Å². The SMILES string of the molecule is CC[C@H]1OC(=O)[C@H](C)[C@H](O[C@H]2C[C@](C)(OC)[C@@H](OC(=O)NCc3cn(Cc4ccccc4)nn3)[C@H](C)O2)[C@H](C)[C@@H](O[C@@H]2O[C@H](C)C[C@H](N(C)C)[C@H]2O)[C@@](C)(O)C[C@@H](C)CN(C)[C@H](C)[C@H]2OC(=O)O[C@]21C. The Morgan fingerprint density at radius 3 is 2.34 bits per heavy atom. The van der Waals surface area contributed by atoms with Crippen LogP contribution in [-0.4, -0.2) is 178 Å². The zero-order valence-electron chi connectivity index (χ0n) is 43.6. The fraction of sp³-hybridized carbons (Fsp3) is 0.780. The minimum absolute atomic E-state index is 0.0465. The topological polar surface area (TPSA) is 224 Å². The van der Waals surface area contributed by atoms with Crippen molar-refractivity contribution in [3.63, 3.8) is 0 Å². The largest absolute Gasteiger partial charge is 0.509 e. The van der Waals surface area contributed by atoms with Crippen LogP contribution in [0.3, 0.4) is 0 Å². The summed E-state index contributed by atoms with van der Waals surface area (Å²) in [4.78, 5) is 45.0. The third kappa shape index (κ3) is 12.6. The van der Waals surface area contributed by atoms with Gasteiger partial charge in [0.15, 0.2) is 30.4 Å². The van der Waals surface area contributed by atoms with Gasteiger partial charge in [0, 0.05) is 38.1 Å². The molecule has 4 saturated heterocycles. The molecule has 2 aromatic rings. The third-order valence-electron chi connectivity index (χ3n) is 15.0. The van der Waals surface area contributed by atoms with Crippen molar-refractivity contribution in [3.8, 4) is 0 Å². The van der Waals surface area contributed by atoms with E-state index in [0.29, 0.717) is 25.2 Å². The average molecular weight is 989 g/mol. The first kappa shape index (κ1) is 55.3. The molecule has 4 fully saturated rings. The number of esters is 1. The number of aliphatic hydroxyl groups is 2. The van der Waals surface area contributed by atoms with Crippen LogP contribution in [0.5, 0.6) is 0 Å². The summed E-state index contributed by atoms with van der Waals surface area (Å²) in [7, 11) is 7.19. The molecular weight excluding hydrogens is 909 g/mol. The van der Waals surface area contributed by atoms with Gasteiger partial charge in [0.1, 0.15) is 23.5 Å². The number of alkyl carbamates (subject to hydrolysis) is 1. The number of methoxy groups -OCH3 is 1. The van der Waals surface area contributed by atoms with E-state index >= 15 is 0 Å². The number of likely N-dealkylation sites (N-methyl/N-ethyl adjacent to an activating group) is 2. The lowest BCUT2D eigenvalue weighted by molar-refractivity contribution is -0.317. The van der Waals surface area contributed by atoms with E-state index in [2.05, 4.69) is 15.6 Å². The van der Waals surface area contributed by atoms with Gasteiger partial charge in [-0.25, -0.2) is 14.3 Å². The fourth-order valence-electron chi connectivity index (χ4n) is 11.1. The molecule has 1 aromatic heterocycles. The second kappa shape index (κ2) is 22.8. The molecule has 394 valence electrons. The Bertz CT molecular complexity index is 2050. The van der Waals surface area contributed by atoms with E-state index in [4.69, 9.17) is 42.6 Å². The highest BCUT2D eigenvalue weighted by molar-refractivity contribution is 5.73. The molecule has 3 N–H and O–H groups in total. The number of nitrogens with zero attached hydrogens (tertiary/aromatic N) is 5. The molecule has 5 heterocycles. The minimum Gasteiger partial charge on any atom is -0.458 e. The van der Waals surface area contributed by atoms with Gasteiger partial charge in [0.05, 0.1) is 55.2 Å². The first-order valence-corrected chi connectivity index (χ1v) is 24.8. The van der Waals surface area contributed by atoms with Crippen LogP contribution in [0, 0.1) is 17.8 Å². The number of hydrogen-bond acceptors (Lipinski definition) is 18. The van der Waals surface area contributed by atoms with E-state index in [0.717, 1.165) is 5.56 Å². The summed E-state index contributed by atoms with van der Waals surface area (Å²) >= 11 is 0. The maximum Gasteiger partial charge on any atom is 0.509 e. The van der Waals surface area contributed by atoms with Crippen LogP contribution in [0.2, 0.25) is 0 Å². The molecule has 20 heteroatoms. The number of aromatic nitrogens is 3. The zero-order chi connectivity index (χ0) is 51.5. The fourth-order valence-corrected chi connectivity index (χ4v) is 11.1. The molecule has 18 atom stereocenters. The quantitative estimate of drug-likeness (QED) is 0.194. The smallest absolute Gasteiger partial charge is 0.458 e. The van der Waals surface area contributed by atoms with Crippen molar-refractivity contribution < 1.29 is 67.2 Å². The van der Waals surface area contributed by atoms with Crippen LogP contribution >= 0.6 is 0 Å². The Morgan fingerprint density at radius 2 is 1.69 bits per heavy atom. The number of rotatable bonds is 12. The Labute approximate surface area is 413 Å². The number of carbonyl (C=O) groups is 3. The van der Waals surface area contributed by atoms with Gasteiger partial charge in [-0.05, 0) is 100 Å². The number of nitrogens with one attached hydrogen (secondary N) is 1. The highest BCUT2D eigenvalue weighted by Gasteiger charge is 2.58. The molecule has 0 saturated carbocycles. The molecule has 70 heavy (non-hydrogen) atoms. The number of amides is 1. The van der Waals surface area contributed by atoms with Gasteiger partial charge in [0.25, 0.3) is 0 Å². The molecule has 4 aliphatic heterocycles. The van der Waals surface area contributed by atoms with Gasteiger partial charge in [-0.2, -0.15) is 0 Å². The maximum absolute atomic E-state index is 14.8. The van der Waals surface area contributed by atoms with Gasteiger partial charge >= 0.3 is 18.2 Å². The van der Waals surface area contributed by atoms with Crippen molar-refractivity contribution in [1.29, 1.82) is 0 Å². The minimum atomic E-state index is -1.61. The lowest BCUT2D eigenvalue weighted by Crippen LogP contribution is -2.61. The Morgan fingerprint density at radius 1 is 0.986 bits per heavy atom. The molecule has 0 bridgehead atoms. The zero-order valence-corrected chi connectivity index (χ0v) is 43.6. The van der Waals surface area contributed by atoms with Crippen LogP contribution in [0.4, 0.5) is 9.59 Å². The first-order chi connectivity index (χ1) is 32.9. The van der Waals surface area contributed by atoms with Crippen molar-refractivity contribution in [2.24, 2.45) is 17.8 Å². The number of carbonyl (C=O) groups excluding carboxylic acids is 3. The van der Waals surface area contributed by atoms with Crippen LogP contribution < -0.4 is 5.32 Å². The molecular formula is C50H80N6O14. The number of fused-ring (bicyclic) bond motifs is 1. The van der Waals surface area contributed by atoms with Crippen LogP contribution in [0.15, 0.2) is 36.5 Å². The van der Waals surface area contributed by atoms with Crippen molar-refractivity contribution in [3.05, 3.63) is 47.8 Å². The van der Waals surface area contributed by atoms with Crippen molar-refractivity contribution in [1.82, 2.24) is 30.1 Å². The Balaban J connectivity index is 1.29. The normalized spacial score (nSPS) is 40.3. The van der Waals surface area contributed by atoms with Gasteiger partial charge < -0.3 is 63.1 Å². The molecule has 6 rings (SSSR count). The molecule has 0 spiro atoms. The lowest BCUT2D eigenvalue weighted by atomic mass is 9.77. The van der Waals surface area contributed by atoms with Gasteiger partial charge in [0.2, 0.25) is 0 Å². The van der Waals surface area contributed by atoms with E-state index in [1.807, 2.05) is 95.9 Å². The molecule has 20 nitrogen and oxygen atoms in total. The van der Waals surface area contributed by atoms with E-state index in [1.54, 1.807) is 45.5 Å². The van der Waals surface area contributed by atoms with Crippen molar-refractivity contribution >= 4 is 18.2 Å². The maximum atomic E-state index is 14.8. The molecule has 1 amide bonds. The van der Waals surface area contributed by atoms with Gasteiger partial charge in [-0.1, -0.05) is 56.3 Å². The predicted molar refractivity (Wildman–Crippen MR) is 254 cm³/mol. The van der Waals surface area contributed by atoms with Crippen molar-refractivity contribution in [2.45, 2.75) is 198 Å². The monoisotopic (exact) mass is 989 g/mol. The summed E-state index contributed by atoms with van der Waals surface area (Å²) in [6, 6.07) is 9.13. The Hall–Kier alpha value is -3.99. The summed E-state index contributed by atoms with van der Waals surface area (Å²) in [5.41, 5.74) is -2.53. The number of ether oxygens (including phenoxy) is 9. The van der Waals surface area contributed by atoms with Gasteiger partial charge in [-0.15, -0.1) is 5.10 Å². The molecule has 4 aliphatic rings. The molecule has 0 aliphatic carbocycles. The first-order valence-electron chi connectivity index (χ1n) is 24.8. The second-order valence-corrected chi connectivity index (χ2v) is 21.2. The number of cyclic esters (lactones) is 1. The highest BCUT2D eigenvalue weighted by Crippen LogP contribution is 2.42. The second-order valence-electron chi connectivity index (χ2n) is 21.2. The van der Waals surface area contributed by atoms with Crippen molar-refractivity contribution in [2.75, 3.05) is 34.8 Å². The van der Waals surface area contributed by atoms with E-state index < -0.39 is 102 Å². The van der Waals surface area contributed by atoms with Crippen LogP contribution in [-0.2, 0) is 60.5 Å². The third-order valence-corrected chi connectivity index (χ3v) is 15.0. The lowest BCUT2D eigenvalue weighted by Gasteiger charge is -2.49. The van der Waals surface area contributed by atoms with Crippen LogP contribution in [0.1, 0.15) is 106 Å².